The molecule has 2 unspecified atom stereocenters. The number of benzene rings is 4. The van der Waals surface area contributed by atoms with E-state index >= 15 is 0 Å². The summed E-state index contributed by atoms with van der Waals surface area (Å²) in [4.78, 5) is 24.2. The zero-order chi connectivity index (χ0) is 44.3. The fourth-order valence-electron chi connectivity index (χ4n) is 5.35. The Bertz CT molecular complexity index is 2560. The van der Waals surface area contributed by atoms with Crippen molar-refractivity contribution in [3.63, 3.8) is 0 Å². The first kappa shape index (κ1) is 51.7. The van der Waals surface area contributed by atoms with Crippen LogP contribution in [0.15, 0.2) is 107 Å². The molecular weight excluding hydrogens is 895 g/mol. The molecule has 0 aliphatic rings. The number of nitrogens with one attached hydrogen (secondary N) is 6. The summed E-state index contributed by atoms with van der Waals surface area (Å²) in [6, 6.07) is 25.1. The van der Waals surface area contributed by atoms with Crippen LogP contribution in [-0.4, -0.2) is 115 Å². The Kier molecular flexibility index (Phi) is 19.3. The van der Waals surface area contributed by atoms with Gasteiger partial charge >= 0.3 is 59.1 Å². The Morgan fingerprint density at radius 3 is 1.11 bits per heavy atom. The Labute approximate surface area is 411 Å². The summed E-state index contributed by atoms with van der Waals surface area (Å²) in [5, 5.41) is 55.2. The van der Waals surface area contributed by atoms with Crippen LogP contribution in [0.3, 0.4) is 0 Å². The minimum absolute atomic E-state index is 0. The van der Waals surface area contributed by atoms with E-state index < -0.39 is 55.4 Å². The zero-order valence-electron chi connectivity index (χ0n) is 34.1. The van der Waals surface area contributed by atoms with Crippen LogP contribution in [0, 0.1) is 0 Å². The van der Waals surface area contributed by atoms with Gasteiger partial charge < -0.3 is 61.4 Å². The fourth-order valence-corrected chi connectivity index (χ4v) is 6.74. The van der Waals surface area contributed by atoms with Gasteiger partial charge in [-0.2, -0.15) is 29.9 Å². The van der Waals surface area contributed by atoms with Crippen LogP contribution >= 0.6 is 0 Å². The maximum Gasteiger partial charge on any atom is 1.00 e. The Morgan fingerprint density at radius 1 is 0.484 bits per heavy atom. The molecule has 0 aliphatic carbocycles. The first-order valence-corrected chi connectivity index (χ1v) is 21.1. The number of aliphatic hydroxyl groups excluding tert-OH is 4. The van der Waals surface area contributed by atoms with Crippen LogP contribution in [0.1, 0.15) is 11.1 Å². The number of rotatable bonds is 20. The van der Waals surface area contributed by atoms with E-state index in [2.05, 4.69) is 61.8 Å². The van der Waals surface area contributed by atoms with Gasteiger partial charge in [-0.1, -0.05) is 60.7 Å². The second-order valence-electron chi connectivity index (χ2n) is 13.0. The molecule has 0 radical (unpaired) electrons. The molecule has 6 aromatic rings. The summed E-state index contributed by atoms with van der Waals surface area (Å²) in [6.45, 7) is -1.30. The molecule has 324 valence electrons. The van der Waals surface area contributed by atoms with Crippen molar-refractivity contribution in [1.82, 2.24) is 29.9 Å². The molecule has 0 amide bonds. The van der Waals surface area contributed by atoms with E-state index in [4.69, 9.17) is 0 Å². The van der Waals surface area contributed by atoms with Gasteiger partial charge in [0.05, 0.1) is 35.2 Å². The number of hydrogen-bond acceptors (Lipinski definition) is 22. The summed E-state index contributed by atoms with van der Waals surface area (Å²) < 4.78 is 75.1. The first-order valence-electron chi connectivity index (χ1n) is 18.3. The smallest absolute Gasteiger partial charge is 0.744 e. The largest absolute Gasteiger partial charge is 1.00 e. The maximum absolute atomic E-state index is 12.5. The van der Waals surface area contributed by atoms with Gasteiger partial charge in [0, 0.05) is 35.8 Å². The molecule has 2 atom stereocenters. The minimum atomic E-state index is -5.16. The molecule has 10 N–H and O–H groups in total. The number of aliphatic hydroxyl groups is 4. The van der Waals surface area contributed by atoms with Crippen molar-refractivity contribution >= 4 is 90.8 Å². The Balaban J connectivity index is 0.00000449. The molecular formula is C38H38N12Na2O10S2. The first-order chi connectivity index (χ1) is 29.6. The van der Waals surface area contributed by atoms with E-state index in [1.54, 1.807) is 60.7 Å². The predicted molar refractivity (Wildman–Crippen MR) is 227 cm³/mol. The maximum atomic E-state index is 12.5. The Hall–Kier alpha value is -4.90. The van der Waals surface area contributed by atoms with Crippen molar-refractivity contribution in [2.24, 2.45) is 0 Å². The van der Waals surface area contributed by atoms with E-state index in [0.717, 1.165) is 24.3 Å². The second-order valence-corrected chi connectivity index (χ2v) is 15.7. The van der Waals surface area contributed by atoms with Gasteiger partial charge in [-0.05, 0) is 59.7 Å². The molecule has 6 rings (SSSR count). The third-order valence-corrected chi connectivity index (χ3v) is 10.0. The van der Waals surface area contributed by atoms with Crippen LogP contribution in [0.2, 0.25) is 0 Å². The van der Waals surface area contributed by atoms with Gasteiger partial charge in [0.2, 0.25) is 35.7 Å². The van der Waals surface area contributed by atoms with E-state index in [1.165, 1.54) is 24.3 Å². The normalized spacial score (nSPS) is 12.3. The van der Waals surface area contributed by atoms with Crippen molar-refractivity contribution in [2.75, 3.05) is 58.2 Å². The quantitative estimate of drug-likeness (QED) is 0.0202. The summed E-state index contributed by atoms with van der Waals surface area (Å²) in [5.74, 6) is -0.165. The second kappa shape index (κ2) is 23.9. The topological polar surface area (TPSA) is 345 Å². The molecule has 0 saturated heterocycles. The van der Waals surface area contributed by atoms with Crippen LogP contribution in [0.5, 0.6) is 0 Å². The summed E-state index contributed by atoms with van der Waals surface area (Å²) in [7, 11) is -10.3. The fraction of sp³-hybridized carbons (Fsp3) is 0.158. The molecule has 2 heterocycles. The third kappa shape index (κ3) is 15.4. The predicted octanol–water partition coefficient (Wildman–Crippen LogP) is -3.45. The number of hydrogen-bond donors (Lipinski definition) is 10. The molecule has 0 aliphatic heterocycles. The van der Waals surface area contributed by atoms with E-state index in [9.17, 15) is 46.4 Å². The number of aromatic nitrogens is 6. The van der Waals surface area contributed by atoms with Gasteiger partial charge in [0.1, 0.15) is 20.2 Å². The average molecular weight is 933 g/mol. The molecule has 4 aromatic carbocycles. The zero-order valence-corrected chi connectivity index (χ0v) is 39.7. The molecule has 2 aromatic heterocycles. The molecule has 64 heavy (non-hydrogen) atoms. The van der Waals surface area contributed by atoms with Gasteiger partial charge in [0.15, 0.2) is 0 Å². The van der Waals surface area contributed by atoms with Crippen molar-refractivity contribution in [1.29, 1.82) is 0 Å². The average Bonchev–Trinajstić information content (AvgIpc) is 3.24. The van der Waals surface area contributed by atoms with Crippen molar-refractivity contribution < 1.29 is 105 Å². The standard InChI is InChI=1S/C38H40N12O10S2.2Na/c51-21-29(53)19-39-33-45-35(41-25-7-3-1-4-8-25)49-37(47-33)43-27-15-13-23(31(17-27)61(55,56)57)11-12-24-14-16-28(18-32(24)62(58,59)60)44-38-48-34(40-20-30(54)22-52)46-36(50-38)42-26-9-5-2-6-10-26;;/h1-18,29-30,51-54H,19-22H2,(H,55,56,57)(H,58,59,60)(H3,39,41,43,45,47,49)(H3,40,42,44,46,48,50);;/q;2*+1/p-2. The summed E-state index contributed by atoms with van der Waals surface area (Å²) >= 11 is 0. The van der Waals surface area contributed by atoms with E-state index in [-0.39, 0.29) is 130 Å². The SMILES string of the molecule is O=S(=O)([O-])c1cc(Nc2nc(NCC(O)CO)nc(Nc3ccccc3)n2)ccc1C=Cc1ccc(Nc2nc(NCC(O)CO)nc(Nc3ccccc3)n2)cc1S(=O)(=O)[O-].[Na+].[Na+]. The van der Waals surface area contributed by atoms with Crippen LogP contribution in [0.25, 0.3) is 12.2 Å². The molecule has 26 heteroatoms. The molecule has 0 spiro atoms. The van der Waals surface area contributed by atoms with Gasteiger partial charge in [-0.15, -0.1) is 0 Å². The number of anilines is 10. The Morgan fingerprint density at radius 2 is 0.797 bits per heavy atom. The van der Waals surface area contributed by atoms with Crippen LogP contribution < -0.4 is 91.0 Å². The molecule has 22 nitrogen and oxygen atoms in total. The van der Waals surface area contributed by atoms with Gasteiger partial charge in [0.25, 0.3) is 0 Å². The summed E-state index contributed by atoms with van der Waals surface area (Å²) in [5.41, 5.74) is 1.04. The van der Waals surface area contributed by atoms with Gasteiger partial charge in [-0.3, -0.25) is 0 Å². The van der Waals surface area contributed by atoms with Crippen LogP contribution in [0.4, 0.5) is 58.4 Å². The molecule has 0 fully saturated rings. The monoisotopic (exact) mass is 932 g/mol. The third-order valence-electron chi connectivity index (χ3n) is 8.26. The van der Waals surface area contributed by atoms with Crippen LogP contribution in [-0.2, 0) is 20.2 Å². The number of nitrogens with zero attached hydrogens (tertiary/aromatic N) is 6. The van der Waals surface area contributed by atoms with E-state index in [1.807, 2.05) is 0 Å². The van der Waals surface area contributed by atoms with Crippen molar-refractivity contribution in [2.45, 2.75) is 22.0 Å². The minimum Gasteiger partial charge on any atom is -0.744 e. The van der Waals surface area contributed by atoms with Crippen molar-refractivity contribution in [3.8, 4) is 0 Å². The van der Waals surface area contributed by atoms with Crippen molar-refractivity contribution in [3.05, 3.63) is 108 Å². The number of para-hydroxylation sites is 2. The molecule has 0 saturated carbocycles. The molecule has 0 bridgehead atoms. The van der Waals surface area contributed by atoms with E-state index in [0.29, 0.717) is 11.4 Å². The van der Waals surface area contributed by atoms with Gasteiger partial charge in [-0.25, -0.2) is 16.8 Å². The summed E-state index contributed by atoms with van der Waals surface area (Å²) in [6.07, 6.45) is 0.0389.